The lowest BCUT2D eigenvalue weighted by molar-refractivity contribution is 0.564. The Labute approximate surface area is 116 Å². The zero-order valence-corrected chi connectivity index (χ0v) is 11.0. The Bertz CT molecular complexity index is 561. The highest BCUT2D eigenvalue weighted by atomic mass is 35.5. The summed E-state index contributed by atoms with van der Waals surface area (Å²) in [5.74, 6) is -0.0857. The molecule has 0 aliphatic rings. The van der Waals surface area contributed by atoms with Gasteiger partial charge in [-0.15, -0.1) is 11.6 Å². The van der Waals surface area contributed by atoms with Gasteiger partial charge in [-0.1, -0.05) is 34.8 Å². The molecule has 1 aromatic rings. The quantitative estimate of drug-likeness (QED) is 0.361. The monoisotopic (exact) mass is 310 g/mol. The fourth-order valence-corrected chi connectivity index (χ4v) is 2.18. The van der Waals surface area contributed by atoms with Crippen molar-refractivity contribution in [3.63, 3.8) is 0 Å². The Morgan fingerprint density at radius 3 is 1.88 bits per heavy atom. The zero-order chi connectivity index (χ0) is 13.0. The third-order valence-electron chi connectivity index (χ3n) is 1.82. The number of hydrogen-bond donors (Lipinski definition) is 0. The Balaban J connectivity index is 3.84. The van der Waals surface area contributed by atoms with Gasteiger partial charge in [0, 0.05) is 5.56 Å². The molecule has 0 saturated heterocycles. The Morgan fingerprint density at radius 1 is 0.882 bits per heavy atom. The molecule has 0 amide bonds. The predicted molar refractivity (Wildman–Crippen MR) is 66.6 cm³/mol. The van der Waals surface area contributed by atoms with E-state index in [0.29, 0.717) is 0 Å². The van der Waals surface area contributed by atoms with Crippen LogP contribution in [-0.2, 0) is 15.5 Å². The van der Waals surface area contributed by atoms with E-state index in [1.165, 1.54) is 12.2 Å². The molecular formula is C9H2Cl4N2O2. The van der Waals surface area contributed by atoms with E-state index in [9.17, 15) is 9.59 Å². The SMILES string of the molecule is O=C=Nc1c(Cl)c(Cl)c(Cl)c(CCl)c1N=C=O. The van der Waals surface area contributed by atoms with Crippen molar-refractivity contribution >= 4 is 69.9 Å². The van der Waals surface area contributed by atoms with Crippen molar-refractivity contribution in [3.05, 3.63) is 20.6 Å². The summed E-state index contributed by atoms with van der Waals surface area (Å²) in [6, 6.07) is 0. The molecule has 0 unspecified atom stereocenters. The predicted octanol–water partition coefficient (Wildman–Crippen LogP) is 4.32. The van der Waals surface area contributed by atoms with Gasteiger partial charge in [-0.2, -0.15) is 9.98 Å². The number of benzene rings is 1. The average molecular weight is 312 g/mol. The number of alkyl halides is 1. The molecule has 0 aliphatic carbocycles. The van der Waals surface area contributed by atoms with Crippen LogP contribution in [0.5, 0.6) is 0 Å². The standard InChI is InChI=1S/C9H2Cl4N2O2/c10-1-4-5(11)6(12)7(13)9(15-3-17)8(4)14-2-16/h1H2. The summed E-state index contributed by atoms with van der Waals surface area (Å²) in [6.45, 7) is 0. The molecule has 0 heterocycles. The highest BCUT2D eigenvalue weighted by Gasteiger charge is 2.20. The first-order valence-electron chi connectivity index (χ1n) is 3.99. The highest BCUT2D eigenvalue weighted by Crippen LogP contribution is 2.47. The highest BCUT2D eigenvalue weighted by molar-refractivity contribution is 6.50. The molecule has 17 heavy (non-hydrogen) atoms. The zero-order valence-electron chi connectivity index (χ0n) is 7.93. The molecular weight excluding hydrogens is 310 g/mol. The Hall–Kier alpha value is -0.860. The van der Waals surface area contributed by atoms with Crippen molar-refractivity contribution in [2.24, 2.45) is 9.98 Å². The van der Waals surface area contributed by atoms with Gasteiger partial charge in [0.05, 0.1) is 20.9 Å². The maximum atomic E-state index is 10.3. The molecule has 1 aromatic carbocycles. The summed E-state index contributed by atoms with van der Waals surface area (Å²) < 4.78 is 0. The maximum Gasteiger partial charge on any atom is 0.240 e. The van der Waals surface area contributed by atoms with Crippen LogP contribution in [0.1, 0.15) is 5.56 Å². The summed E-state index contributed by atoms with van der Waals surface area (Å²) in [6.07, 6.45) is 2.58. The molecule has 0 fully saturated rings. The molecule has 0 aromatic heterocycles. The number of carbonyl (C=O) groups excluding carboxylic acids is 2. The molecule has 0 atom stereocenters. The number of aliphatic imine (C=N–C) groups is 2. The van der Waals surface area contributed by atoms with Gasteiger partial charge >= 0.3 is 0 Å². The lowest BCUT2D eigenvalue weighted by Crippen LogP contribution is -1.87. The number of halogens is 4. The first-order valence-corrected chi connectivity index (χ1v) is 5.66. The molecule has 0 bridgehead atoms. The van der Waals surface area contributed by atoms with E-state index in [2.05, 4.69) is 9.98 Å². The van der Waals surface area contributed by atoms with Crippen LogP contribution in [0.15, 0.2) is 9.98 Å². The average Bonchev–Trinajstić information content (AvgIpc) is 2.32. The molecule has 4 nitrogen and oxygen atoms in total. The van der Waals surface area contributed by atoms with Crippen molar-refractivity contribution in [1.82, 2.24) is 0 Å². The van der Waals surface area contributed by atoms with Crippen LogP contribution >= 0.6 is 46.4 Å². The molecule has 0 radical (unpaired) electrons. The van der Waals surface area contributed by atoms with Crippen LogP contribution in [-0.4, -0.2) is 12.2 Å². The van der Waals surface area contributed by atoms with Crippen LogP contribution < -0.4 is 0 Å². The normalized spacial score (nSPS) is 9.41. The minimum absolute atomic E-state index is 0.0252. The first-order chi connectivity index (χ1) is 8.08. The summed E-state index contributed by atoms with van der Waals surface area (Å²) in [4.78, 5) is 27.3. The van der Waals surface area contributed by atoms with Crippen molar-refractivity contribution in [2.45, 2.75) is 5.88 Å². The largest absolute Gasteiger partial charge is 0.240 e. The number of isocyanates is 2. The van der Waals surface area contributed by atoms with E-state index < -0.39 is 0 Å². The van der Waals surface area contributed by atoms with Gasteiger partial charge in [-0.3, -0.25) is 0 Å². The van der Waals surface area contributed by atoms with Crippen LogP contribution in [0.3, 0.4) is 0 Å². The molecule has 0 spiro atoms. The first kappa shape index (κ1) is 14.2. The van der Waals surface area contributed by atoms with Crippen molar-refractivity contribution in [2.75, 3.05) is 0 Å². The lowest BCUT2D eigenvalue weighted by Gasteiger charge is -2.10. The third-order valence-corrected chi connectivity index (χ3v) is 3.44. The number of nitrogens with zero attached hydrogens (tertiary/aromatic N) is 2. The van der Waals surface area contributed by atoms with E-state index >= 15 is 0 Å². The van der Waals surface area contributed by atoms with Gasteiger partial charge in [0.2, 0.25) is 12.2 Å². The fourth-order valence-electron chi connectivity index (χ4n) is 1.12. The van der Waals surface area contributed by atoms with Crippen molar-refractivity contribution in [3.8, 4) is 0 Å². The summed E-state index contributed by atoms with van der Waals surface area (Å²) in [7, 11) is 0. The van der Waals surface area contributed by atoms with Gasteiger partial charge < -0.3 is 0 Å². The molecule has 8 heteroatoms. The second-order valence-electron chi connectivity index (χ2n) is 2.66. The molecule has 0 aliphatic heterocycles. The summed E-state index contributed by atoms with van der Waals surface area (Å²) in [5, 5.41) is -0.0868. The second kappa shape index (κ2) is 6.18. The van der Waals surface area contributed by atoms with E-state index in [0.717, 1.165) is 0 Å². The Morgan fingerprint density at radius 2 is 1.41 bits per heavy atom. The van der Waals surface area contributed by atoms with Crippen LogP contribution in [0.4, 0.5) is 11.4 Å². The van der Waals surface area contributed by atoms with E-state index in [4.69, 9.17) is 46.4 Å². The van der Waals surface area contributed by atoms with Crippen LogP contribution in [0, 0.1) is 0 Å². The minimum Gasteiger partial charge on any atom is -0.211 e. The summed E-state index contributed by atoms with van der Waals surface area (Å²) in [5.41, 5.74) is 0.0768. The number of hydrogen-bond acceptors (Lipinski definition) is 4. The number of rotatable bonds is 3. The van der Waals surface area contributed by atoms with Crippen molar-refractivity contribution < 1.29 is 9.59 Å². The van der Waals surface area contributed by atoms with Gasteiger partial charge in [0.25, 0.3) is 0 Å². The third kappa shape index (κ3) is 2.70. The van der Waals surface area contributed by atoms with Gasteiger partial charge in [-0.05, 0) is 0 Å². The lowest BCUT2D eigenvalue weighted by atomic mass is 10.1. The van der Waals surface area contributed by atoms with Gasteiger partial charge in [-0.25, -0.2) is 9.59 Å². The van der Waals surface area contributed by atoms with E-state index in [1.54, 1.807) is 0 Å². The summed E-state index contributed by atoms with van der Waals surface area (Å²) >= 11 is 23.2. The maximum absolute atomic E-state index is 10.3. The second-order valence-corrected chi connectivity index (χ2v) is 4.06. The fraction of sp³-hybridized carbons (Fsp3) is 0.111. The molecule has 88 valence electrons. The Kier molecular flexibility index (Phi) is 5.16. The van der Waals surface area contributed by atoms with Gasteiger partial charge in [0.1, 0.15) is 11.4 Å². The molecule has 1 rings (SSSR count). The topological polar surface area (TPSA) is 58.9 Å². The van der Waals surface area contributed by atoms with E-state index in [-0.39, 0.29) is 37.9 Å². The molecule has 0 saturated carbocycles. The van der Waals surface area contributed by atoms with Crippen LogP contribution in [0.25, 0.3) is 0 Å². The van der Waals surface area contributed by atoms with Crippen LogP contribution in [0.2, 0.25) is 15.1 Å². The van der Waals surface area contributed by atoms with E-state index in [1.807, 2.05) is 0 Å². The smallest absolute Gasteiger partial charge is 0.211 e. The van der Waals surface area contributed by atoms with Gasteiger partial charge in [0.15, 0.2) is 0 Å². The minimum atomic E-state index is -0.116. The van der Waals surface area contributed by atoms with Crippen molar-refractivity contribution in [1.29, 1.82) is 0 Å². The molecule has 0 N–H and O–H groups in total.